The van der Waals surface area contributed by atoms with Gasteiger partial charge in [0.1, 0.15) is 0 Å². The molecule has 1 saturated carbocycles. The molecule has 0 unspecified atom stereocenters. The number of ether oxygens (including phenoxy) is 2. The summed E-state index contributed by atoms with van der Waals surface area (Å²) in [5, 5.41) is 13.2. The molecule has 0 saturated heterocycles. The third-order valence-corrected chi connectivity index (χ3v) is 3.28. The minimum atomic E-state index is -0.137. The summed E-state index contributed by atoms with van der Waals surface area (Å²) in [6.07, 6.45) is 6.53. The molecule has 0 heterocycles. The maximum absolute atomic E-state index is 9.77. The molecule has 0 amide bonds. The molecule has 0 aromatic heterocycles. The van der Waals surface area contributed by atoms with Gasteiger partial charge in [0.25, 0.3) is 0 Å². The normalized spacial score (nSPS) is 25.1. The van der Waals surface area contributed by atoms with E-state index in [2.05, 4.69) is 5.32 Å². The Morgan fingerprint density at radius 2 is 1.94 bits per heavy atom. The van der Waals surface area contributed by atoms with Crippen LogP contribution >= 0.6 is 0 Å². The van der Waals surface area contributed by atoms with Gasteiger partial charge in [0.15, 0.2) is 0 Å². The highest BCUT2D eigenvalue weighted by atomic mass is 16.5. The lowest BCUT2D eigenvalue weighted by Gasteiger charge is -2.28. The van der Waals surface area contributed by atoms with Crippen LogP contribution in [0.1, 0.15) is 38.5 Å². The summed E-state index contributed by atoms with van der Waals surface area (Å²) in [6.45, 7) is 3.14. The highest BCUT2D eigenvalue weighted by Crippen LogP contribution is 2.18. The van der Waals surface area contributed by atoms with Gasteiger partial charge in [-0.1, -0.05) is 12.8 Å². The zero-order valence-electron chi connectivity index (χ0n) is 11.0. The third kappa shape index (κ3) is 6.99. The van der Waals surface area contributed by atoms with E-state index >= 15 is 0 Å². The van der Waals surface area contributed by atoms with Gasteiger partial charge in [-0.05, 0) is 32.2 Å². The van der Waals surface area contributed by atoms with Crippen LogP contribution < -0.4 is 5.32 Å². The summed E-state index contributed by atoms with van der Waals surface area (Å²) in [4.78, 5) is 0. The summed E-state index contributed by atoms with van der Waals surface area (Å²) >= 11 is 0. The van der Waals surface area contributed by atoms with Crippen molar-refractivity contribution in [3.05, 3.63) is 0 Å². The Balaban J connectivity index is 1.86. The number of aliphatic hydroxyl groups excluding tert-OH is 1. The van der Waals surface area contributed by atoms with Gasteiger partial charge in [-0.25, -0.2) is 0 Å². The second-order valence-electron chi connectivity index (χ2n) is 4.72. The number of hydrogen-bond donors (Lipinski definition) is 2. The van der Waals surface area contributed by atoms with Gasteiger partial charge in [-0.15, -0.1) is 0 Å². The van der Waals surface area contributed by atoms with Crippen LogP contribution in [0.5, 0.6) is 0 Å². The predicted molar refractivity (Wildman–Crippen MR) is 68.2 cm³/mol. The van der Waals surface area contributed by atoms with Crippen molar-refractivity contribution in [3.8, 4) is 0 Å². The van der Waals surface area contributed by atoms with Gasteiger partial charge in [0, 0.05) is 19.8 Å². The Hall–Kier alpha value is -0.160. The van der Waals surface area contributed by atoms with Crippen molar-refractivity contribution in [3.63, 3.8) is 0 Å². The topological polar surface area (TPSA) is 50.7 Å². The number of aliphatic hydroxyl groups is 1. The molecule has 0 aliphatic heterocycles. The van der Waals surface area contributed by atoms with Crippen molar-refractivity contribution >= 4 is 0 Å². The van der Waals surface area contributed by atoms with E-state index in [4.69, 9.17) is 9.47 Å². The Kier molecular flexibility index (Phi) is 8.61. The molecule has 102 valence electrons. The molecular formula is C13H27NO3. The van der Waals surface area contributed by atoms with Crippen LogP contribution in [0.2, 0.25) is 0 Å². The zero-order valence-corrected chi connectivity index (χ0v) is 11.0. The first-order valence-electron chi connectivity index (χ1n) is 6.82. The number of hydrogen-bond acceptors (Lipinski definition) is 4. The van der Waals surface area contributed by atoms with E-state index in [1.165, 1.54) is 12.8 Å². The predicted octanol–water partition coefficient (Wildman–Crippen LogP) is 1.32. The van der Waals surface area contributed by atoms with Crippen molar-refractivity contribution < 1.29 is 14.6 Å². The van der Waals surface area contributed by atoms with E-state index in [1.54, 1.807) is 7.11 Å². The van der Waals surface area contributed by atoms with Crippen molar-refractivity contribution in [2.24, 2.45) is 0 Å². The van der Waals surface area contributed by atoms with E-state index < -0.39 is 0 Å². The first kappa shape index (κ1) is 14.9. The fourth-order valence-electron chi connectivity index (χ4n) is 2.21. The molecule has 0 aromatic rings. The van der Waals surface area contributed by atoms with E-state index in [9.17, 15) is 5.11 Å². The SMILES string of the molecule is COCCOCCCCN[C@H]1CCCC[C@@H]1O. The van der Waals surface area contributed by atoms with E-state index in [0.29, 0.717) is 19.3 Å². The molecule has 0 spiro atoms. The van der Waals surface area contributed by atoms with Crippen molar-refractivity contribution in [1.29, 1.82) is 0 Å². The molecule has 1 aliphatic carbocycles. The van der Waals surface area contributed by atoms with Crippen LogP contribution in [-0.2, 0) is 9.47 Å². The summed E-state index contributed by atoms with van der Waals surface area (Å²) in [6, 6.07) is 0.318. The van der Waals surface area contributed by atoms with E-state index in [0.717, 1.165) is 38.8 Å². The number of rotatable bonds is 9. The van der Waals surface area contributed by atoms with Crippen LogP contribution in [0.15, 0.2) is 0 Å². The number of methoxy groups -OCH3 is 1. The van der Waals surface area contributed by atoms with Crippen molar-refractivity contribution in [2.45, 2.75) is 50.7 Å². The van der Waals surface area contributed by atoms with Crippen LogP contribution in [-0.4, -0.2) is 50.7 Å². The molecule has 0 bridgehead atoms. The molecular weight excluding hydrogens is 218 g/mol. The lowest BCUT2D eigenvalue weighted by atomic mass is 9.92. The average Bonchev–Trinajstić information content (AvgIpc) is 2.35. The molecule has 17 heavy (non-hydrogen) atoms. The van der Waals surface area contributed by atoms with Crippen molar-refractivity contribution in [2.75, 3.05) is 33.5 Å². The van der Waals surface area contributed by atoms with Crippen LogP contribution in [0.3, 0.4) is 0 Å². The fraction of sp³-hybridized carbons (Fsp3) is 1.00. The first-order chi connectivity index (χ1) is 8.34. The molecule has 4 nitrogen and oxygen atoms in total. The summed E-state index contributed by atoms with van der Waals surface area (Å²) in [5.41, 5.74) is 0. The minimum Gasteiger partial charge on any atom is -0.392 e. The van der Waals surface area contributed by atoms with E-state index in [1.807, 2.05) is 0 Å². The average molecular weight is 245 g/mol. The van der Waals surface area contributed by atoms with Crippen LogP contribution in [0.25, 0.3) is 0 Å². The Morgan fingerprint density at radius 1 is 1.12 bits per heavy atom. The monoisotopic (exact) mass is 245 g/mol. The Labute approximate surface area is 105 Å². The smallest absolute Gasteiger partial charge is 0.0700 e. The summed E-state index contributed by atoms with van der Waals surface area (Å²) in [7, 11) is 1.68. The molecule has 1 rings (SSSR count). The van der Waals surface area contributed by atoms with Gasteiger partial charge in [-0.3, -0.25) is 0 Å². The molecule has 1 fully saturated rings. The maximum Gasteiger partial charge on any atom is 0.0700 e. The number of nitrogens with one attached hydrogen (secondary N) is 1. The number of unbranched alkanes of at least 4 members (excludes halogenated alkanes) is 1. The van der Waals surface area contributed by atoms with Crippen molar-refractivity contribution in [1.82, 2.24) is 5.32 Å². The molecule has 2 atom stereocenters. The molecule has 0 radical (unpaired) electrons. The molecule has 4 heteroatoms. The van der Waals surface area contributed by atoms with Gasteiger partial charge in [0.2, 0.25) is 0 Å². The lowest BCUT2D eigenvalue weighted by molar-refractivity contribution is 0.0676. The first-order valence-corrected chi connectivity index (χ1v) is 6.82. The fourth-order valence-corrected chi connectivity index (χ4v) is 2.21. The lowest BCUT2D eigenvalue weighted by Crippen LogP contribution is -2.42. The zero-order chi connectivity index (χ0) is 12.3. The second-order valence-corrected chi connectivity index (χ2v) is 4.72. The van der Waals surface area contributed by atoms with Gasteiger partial charge < -0.3 is 19.9 Å². The largest absolute Gasteiger partial charge is 0.392 e. The standard InChI is InChI=1S/C13H27NO3/c1-16-10-11-17-9-5-4-8-14-12-6-2-3-7-13(12)15/h12-15H,2-11H2,1H3/t12-,13-/m0/s1. The Bertz CT molecular complexity index is 178. The molecule has 1 aliphatic rings. The third-order valence-electron chi connectivity index (χ3n) is 3.28. The summed E-state index contributed by atoms with van der Waals surface area (Å²) in [5.74, 6) is 0. The van der Waals surface area contributed by atoms with E-state index in [-0.39, 0.29) is 6.10 Å². The highest BCUT2D eigenvalue weighted by molar-refractivity contribution is 4.79. The second kappa shape index (κ2) is 9.83. The quantitative estimate of drug-likeness (QED) is 0.602. The van der Waals surface area contributed by atoms with Crippen LogP contribution in [0, 0.1) is 0 Å². The Morgan fingerprint density at radius 3 is 2.71 bits per heavy atom. The van der Waals surface area contributed by atoms with Gasteiger partial charge in [0.05, 0.1) is 19.3 Å². The molecule has 2 N–H and O–H groups in total. The van der Waals surface area contributed by atoms with Crippen LogP contribution in [0.4, 0.5) is 0 Å². The summed E-state index contributed by atoms with van der Waals surface area (Å²) < 4.78 is 10.3. The van der Waals surface area contributed by atoms with Gasteiger partial charge in [-0.2, -0.15) is 0 Å². The highest BCUT2D eigenvalue weighted by Gasteiger charge is 2.21. The van der Waals surface area contributed by atoms with Gasteiger partial charge >= 0.3 is 0 Å². The maximum atomic E-state index is 9.77. The molecule has 0 aromatic carbocycles. The minimum absolute atomic E-state index is 0.137.